The van der Waals surface area contributed by atoms with Crippen LogP contribution in [-0.2, 0) is 14.7 Å². The highest BCUT2D eigenvalue weighted by Gasteiger charge is 2.11. The van der Waals surface area contributed by atoms with E-state index in [2.05, 4.69) is 20.3 Å². The molecule has 82 valence electrons. The van der Waals surface area contributed by atoms with E-state index in [4.69, 9.17) is 5.14 Å². The molecule has 4 nitrogen and oxygen atoms in total. The predicted octanol–water partition coefficient (Wildman–Crippen LogP) is 2.00. The van der Waals surface area contributed by atoms with Crippen LogP contribution in [0.4, 0.5) is 0 Å². The molecule has 0 fully saturated rings. The maximum absolute atomic E-state index is 11.9. The third-order valence-electron chi connectivity index (χ3n) is 1.72. The van der Waals surface area contributed by atoms with Gasteiger partial charge in [0.2, 0.25) is 0 Å². The molecule has 0 spiro atoms. The molecule has 0 aromatic heterocycles. The standard InChI is InChI=1S/C9H11BrN2O2S/c1-6-5-8(10)3-4-9(6)15(11,14)12-7(2)13/h3-5H,1-2H3,(H2,11,12,13,14). The van der Waals surface area contributed by atoms with E-state index in [0.29, 0.717) is 4.90 Å². The number of carbonyl (C=O) groups excluding carboxylic acids is 1. The molecule has 0 saturated carbocycles. The van der Waals surface area contributed by atoms with Crippen molar-refractivity contribution in [3.8, 4) is 0 Å². The Kier molecular flexibility index (Phi) is 3.64. The number of carbonyl (C=O) groups is 1. The molecule has 0 heterocycles. The third-order valence-corrected chi connectivity index (χ3v) is 3.83. The Balaban J connectivity index is 3.41. The van der Waals surface area contributed by atoms with Crippen LogP contribution in [0, 0.1) is 6.92 Å². The van der Waals surface area contributed by atoms with Crippen molar-refractivity contribution in [1.82, 2.24) is 0 Å². The van der Waals surface area contributed by atoms with Crippen LogP contribution in [0.25, 0.3) is 0 Å². The van der Waals surface area contributed by atoms with Gasteiger partial charge in [-0.15, -0.1) is 4.36 Å². The summed E-state index contributed by atoms with van der Waals surface area (Å²) >= 11 is 3.28. The molecular weight excluding hydrogens is 280 g/mol. The van der Waals surface area contributed by atoms with Gasteiger partial charge in [-0.1, -0.05) is 15.9 Å². The summed E-state index contributed by atoms with van der Waals surface area (Å²) in [6.07, 6.45) is 0. The van der Waals surface area contributed by atoms with E-state index in [0.717, 1.165) is 10.0 Å². The molecule has 0 radical (unpaired) electrons. The second-order valence-electron chi connectivity index (χ2n) is 3.09. The number of amides is 1. The van der Waals surface area contributed by atoms with E-state index in [1.54, 1.807) is 25.1 Å². The van der Waals surface area contributed by atoms with Gasteiger partial charge in [0.25, 0.3) is 5.91 Å². The highest BCUT2D eigenvalue weighted by Crippen LogP contribution is 2.19. The van der Waals surface area contributed by atoms with Crippen molar-refractivity contribution in [3.63, 3.8) is 0 Å². The SMILES string of the molecule is CC(=O)N=S(N)(=O)c1ccc(Br)cc1C. The van der Waals surface area contributed by atoms with Crippen LogP contribution in [0.1, 0.15) is 12.5 Å². The van der Waals surface area contributed by atoms with Gasteiger partial charge in [0.1, 0.15) is 9.92 Å². The minimum Gasteiger partial charge on any atom is -0.272 e. The van der Waals surface area contributed by atoms with Crippen molar-refractivity contribution in [3.05, 3.63) is 28.2 Å². The van der Waals surface area contributed by atoms with Crippen molar-refractivity contribution in [1.29, 1.82) is 0 Å². The Labute approximate surface area is 97.3 Å². The number of benzene rings is 1. The molecule has 1 aromatic rings. The van der Waals surface area contributed by atoms with Crippen LogP contribution >= 0.6 is 15.9 Å². The lowest BCUT2D eigenvalue weighted by molar-refractivity contribution is -0.115. The molecule has 0 aliphatic heterocycles. The van der Waals surface area contributed by atoms with Gasteiger partial charge in [-0.05, 0) is 30.7 Å². The van der Waals surface area contributed by atoms with Crippen molar-refractivity contribution in [2.75, 3.05) is 0 Å². The number of nitrogens with zero attached hydrogens (tertiary/aromatic N) is 1. The minimum absolute atomic E-state index is 0.390. The zero-order chi connectivity index (χ0) is 11.6. The first-order valence-corrected chi connectivity index (χ1v) is 6.51. The number of nitrogens with two attached hydrogens (primary N) is 1. The Hall–Kier alpha value is -0.720. The zero-order valence-electron chi connectivity index (χ0n) is 8.36. The molecule has 0 bridgehead atoms. The van der Waals surface area contributed by atoms with E-state index in [1.807, 2.05) is 0 Å². The van der Waals surface area contributed by atoms with Gasteiger partial charge in [-0.25, -0.2) is 9.35 Å². The summed E-state index contributed by atoms with van der Waals surface area (Å²) in [7, 11) is -3.10. The van der Waals surface area contributed by atoms with Crippen LogP contribution in [0.5, 0.6) is 0 Å². The molecule has 1 amide bonds. The highest BCUT2D eigenvalue weighted by molar-refractivity contribution is 9.10. The Bertz CT molecular complexity index is 519. The molecule has 1 rings (SSSR count). The molecule has 0 aliphatic rings. The van der Waals surface area contributed by atoms with Gasteiger partial charge in [0, 0.05) is 11.4 Å². The van der Waals surface area contributed by atoms with E-state index in [-0.39, 0.29) is 0 Å². The number of halogens is 1. The number of aryl methyl sites for hydroxylation is 1. The first kappa shape index (κ1) is 12.4. The number of rotatable bonds is 1. The topological polar surface area (TPSA) is 72.5 Å². The van der Waals surface area contributed by atoms with Crippen LogP contribution < -0.4 is 5.14 Å². The van der Waals surface area contributed by atoms with E-state index in [1.165, 1.54) is 6.92 Å². The molecule has 2 N–H and O–H groups in total. The molecule has 1 aromatic carbocycles. The average Bonchev–Trinajstić information content (AvgIpc) is 1.99. The van der Waals surface area contributed by atoms with Crippen LogP contribution in [-0.4, -0.2) is 10.1 Å². The first-order valence-electron chi connectivity index (χ1n) is 4.14. The van der Waals surface area contributed by atoms with Crippen LogP contribution in [0.2, 0.25) is 0 Å². The van der Waals surface area contributed by atoms with Gasteiger partial charge < -0.3 is 0 Å². The lowest BCUT2D eigenvalue weighted by Gasteiger charge is -2.06. The summed E-state index contributed by atoms with van der Waals surface area (Å²) in [4.78, 5) is 11.2. The maximum Gasteiger partial charge on any atom is 0.251 e. The van der Waals surface area contributed by atoms with Gasteiger partial charge in [-0.2, -0.15) is 0 Å². The molecule has 0 saturated heterocycles. The quantitative estimate of drug-likeness (QED) is 0.859. The summed E-state index contributed by atoms with van der Waals surface area (Å²) in [5, 5.41) is 5.51. The van der Waals surface area contributed by atoms with E-state index in [9.17, 15) is 9.00 Å². The number of hydrogen-bond acceptors (Lipinski definition) is 2. The molecule has 0 aliphatic carbocycles. The minimum atomic E-state index is -3.10. The van der Waals surface area contributed by atoms with Gasteiger partial charge >= 0.3 is 0 Å². The van der Waals surface area contributed by atoms with Crippen LogP contribution in [0.15, 0.2) is 31.9 Å². The second kappa shape index (κ2) is 4.42. The summed E-state index contributed by atoms with van der Waals surface area (Å²) < 4.78 is 16.2. The van der Waals surface area contributed by atoms with Gasteiger partial charge in [0.15, 0.2) is 0 Å². The lowest BCUT2D eigenvalue weighted by Crippen LogP contribution is -2.15. The zero-order valence-corrected chi connectivity index (χ0v) is 10.8. The molecule has 6 heteroatoms. The fourth-order valence-corrected chi connectivity index (χ4v) is 2.92. The largest absolute Gasteiger partial charge is 0.272 e. The monoisotopic (exact) mass is 290 g/mol. The normalized spacial score (nSPS) is 14.4. The van der Waals surface area contributed by atoms with Crippen molar-refractivity contribution in [2.45, 2.75) is 18.7 Å². The fourth-order valence-electron chi connectivity index (χ4n) is 1.18. The first-order chi connectivity index (χ1) is 6.83. The lowest BCUT2D eigenvalue weighted by atomic mass is 10.2. The van der Waals surface area contributed by atoms with Gasteiger partial charge in [-0.3, -0.25) is 4.79 Å². The molecular formula is C9H11BrN2O2S. The fraction of sp³-hybridized carbons (Fsp3) is 0.222. The average molecular weight is 291 g/mol. The molecule has 1 atom stereocenters. The van der Waals surface area contributed by atoms with Crippen molar-refractivity contribution < 1.29 is 9.00 Å². The summed E-state index contributed by atoms with van der Waals surface area (Å²) in [5.41, 5.74) is 0.738. The Morgan fingerprint density at radius 2 is 2.13 bits per heavy atom. The Morgan fingerprint density at radius 3 is 2.60 bits per heavy atom. The van der Waals surface area contributed by atoms with E-state index >= 15 is 0 Å². The van der Waals surface area contributed by atoms with Crippen molar-refractivity contribution >= 4 is 31.8 Å². The predicted molar refractivity (Wildman–Crippen MR) is 62.6 cm³/mol. The van der Waals surface area contributed by atoms with Crippen LogP contribution in [0.3, 0.4) is 0 Å². The van der Waals surface area contributed by atoms with Gasteiger partial charge in [0.05, 0.1) is 4.90 Å². The molecule has 15 heavy (non-hydrogen) atoms. The highest BCUT2D eigenvalue weighted by atomic mass is 79.9. The Morgan fingerprint density at radius 1 is 1.53 bits per heavy atom. The number of hydrogen-bond donors (Lipinski definition) is 1. The summed E-state index contributed by atoms with van der Waals surface area (Å²) in [6, 6.07) is 5.09. The van der Waals surface area contributed by atoms with E-state index < -0.39 is 15.8 Å². The smallest absolute Gasteiger partial charge is 0.251 e. The maximum atomic E-state index is 11.9. The van der Waals surface area contributed by atoms with Crippen molar-refractivity contribution in [2.24, 2.45) is 9.50 Å². The third kappa shape index (κ3) is 3.12. The second-order valence-corrected chi connectivity index (χ2v) is 5.76. The summed E-state index contributed by atoms with van der Waals surface area (Å²) in [6.45, 7) is 2.99. The molecule has 1 unspecified atom stereocenters. The summed E-state index contributed by atoms with van der Waals surface area (Å²) in [5.74, 6) is -0.537.